The number of amides is 3. The second kappa shape index (κ2) is 6.87. The van der Waals surface area contributed by atoms with Crippen LogP contribution >= 0.6 is 0 Å². The molecule has 134 valence electrons. The van der Waals surface area contributed by atoms with Gasteiger partial charge in [0.05, 0.1) is 31.0 Å². The highest BCUT2D eigenvalue weighted by Crippen LogP contribution is 2.30. The van der Waals surface area contributed by atoms with Gasteiger partial charge < -0.3 is 14.8 Å². The van der Waals surface area contributed by atoms with Gasteiger partial charge in [-0.15, -0.1) is 0 Å². The molecule has 1 N–H and O–H groups in total. The summed E-state index contributed by atoms with van der Waals surface area (Å²) >= 11 is 0. The molecule has 2 aromatic rings. The Labute approximate surface area is 150 Å². The third kappa shape index (κ3) is 2.88. The number of fused-ring (bicyclic) bond motifs is 1. The van der Waals surface area contributed by atoms with E-state index in [2.05, 4.69) is 5.32 Å². The zero-order chi connectivity index (χ0) is 18.8. The first kappa shape index (κ1) is 17.5. The van der Waals surface area contributed by atoms with Gasteiger partial charge >= 0.3 is 0 Å². The van der Waals surface area contributed by atoms with E-state index in [1.54, 1.807) is 42.5 Å². The quantitative estimate of drug-likeness (QED) is 0.833. The van der Waals surface area contributed by atoms with Crippen molar-refractivity contribution in [3.63, 3.8) is 0 Å². The van der Waals surface area contributed by atoms with E-state index in [0.29, 0.717) is 28.3 Å². The highest BCUT2D eigenvalue weighted by Gasteiger charge is 2.40. The standard InChI is InChI=1S/C19H18N2O5/c1-11(21-18(23)13-6-4-5-7-14(13)19(21)24)17(22)20-15-9-8-12(25-2)10-16(15)26-3/h4-11H,1-3H3,(H,20,22)/t11-/m0/s1. The van der Waals surface area contributed by atoms with E-state index in [1.165, 1.54) is 21.1 Å². The summed E-state index contributed by atoms with van der Waals surface area (Å²) in [6.07, 6.45) is 0. The Morgan fingerprint density at radius 3 is 2.15 bits per heavy atom. The predicted octanol–water partition coefficient (Wildman–Crippen LogP) is 2.33. The molecule has 2 aromatic carbocycles. The summed E-state index contributed by atoms with van der Waals surface area (Å²) in [5.41, 5.74) is 1.03. The zero-order valence-electron chi connectivity index (χ0n) is 14.6. The Hall–Kier alpha value is -3.35. The largest absolute Gasteiger partial charge is 0.497 e. The summed E-state index contributed by atoms with van der Waals surface area (Å²) in [6.45, 7) is 1.51. The number of anilines is 1. The van der Waals surface area contributed by atoms with Gasteiger partial charge in [0.1, 0.15) is 17.5 Å². The molecule has 3 amide bonds. The van der Waals surface area contributed by atoms with Gasteiger partial charge in [0, 0.05) is 6.07 Å². The van der Waals surface area contributed by atoms with Crippen molar-refractivity contribution in [1.29, 1.82) is 0 Å². The molecule has 26 heavy (non-hydrogen) atoms. The molecule has 1 heterocycles. The molecule has 0 spiro atoms. The molecule has 0 bridgehead atoms. The fourth-order valence-electron chi connectivity index (χ4n) is 2.82. The van der Waals surface area contributed by atoms with E-state index in [-0.39, 0.29) is 0 Å². The van der Waals surface area contributed by atoms with E-state index in [1.807, 2.05) is 0 Å². The normalized spacial score (nSPS) is 14.0. The van der Waals surface area contributed by atoms with E-state index in [9.17, 15) is 14.4 Å². The molecule has 1 aliphatic rings. The van der Waals surface area contributed by atoms with Crippen molar-refractivity contribution in [3.8, 4) is 11.5 Å². The minimum atomic E-state index is -0.978. The van der Waals surface area contributed by atoms with E-state index in [0.717, 1.165) is 4.90 Å². The number of benzene rings is 2. The molecular weight excluding hydrogens is 336 g/mol. The average Bonchev–Trinajstić information content (AvgIpc) is 2.92. The van der Waals surface area contributed by atoms with Crippen molar-refractivity contribution < 1.29 is 23.9 Å². The van der Waals surface area contributed by atoms with Crippen LogP contribution in [0.15, 0.2) is 42.5 Å². The van der Waals surface area contributed by atoms with Crippen molar-refractivity contribution >= 4 is 23.4 Å². The summed E-state index contributed by atoms with van der Waals surface area (Å²) in [5.74, 6) is -0.464. The molecule has 0 saturated carbocycles. The van der Waals surface area contributed by atoms with Crippen LogP contribution < -0.4 is 14.8 Å². The third-order valence-corrected chi connectivity index (χ3v) is 4.26. The number of hydrogen-bond acceptors (Lipinski definition) is 5. The van der Waals surface area contributed by atoms with Crippen LogP contribution in [0.2, 0.25) is 0 Å². The summed E-state index contributed by atoms with van der Waals surface area (Å²) in [7, 11) is 3.00. The Kier molecular flexibility index (Phi) is 4.62. The van der Waals surface area contributed by atoms with E-state index < -0.39 is 23.8 Å². The van der Waals surface area contributed by atoms with Crippen LogP contribution in [0.5, 0.6) is 11.5 Å². The Bertz CT molecular complexity index is 858. The molecule has 0 unspecified atom stereocenters. The molecule has 1 atom stereocenters. The van der Waals surface area contributed by atoms with Gasteiger partial charge in [-0.3, -0.25) is 19.3 Å². The lowest BCUT2D eigenvalue weighted by Crippen LogP contribution is -2.45. The van der Waals surface area contributed by atoms with Crippen molar-refractivity contribution in [2.24, 2.45) is 0 Å². The van der Waals surface area contributed by atoms with Crippen LogP contribution in [-0.2, 0) is 4.79 Å². The summed E-state index contributed by atoms with van der Waals surface area (Å²) in [6, 6.07) is 10.5. The minimum Gasteiger partial charge on any atom is -0.497 e. The van der Waals surface area contributed by atoms with Gasteiger partial charge in [-0.25, -0.2) is 0 Å². The van der Waals surface area contributed by atoms with E-state index in [4.69, 9.17) is 9.47 Å². The second-order valence-electron chi connectivity index (χ2n) is 5.76. The number of methoxy groups -OCH3 is 2. The van der Waals surface area contributed by atoms with Crippen LogP contribution in [0.25, 0.3) is 0 Å². The van der Waals surface area contributed by atoms with Gasteiger partial charge in [-0.05, 0) is 31.2 Å². The number of imide groups is 1. The molecule has 7 nitrogen and oxygen atoms in total. The van der Waals surface area contributed by atoms with Gasteiger partial charge in [-0.1, -0.05) is 12.1 Å². The lowest BCUT2D eigenvalue weighted by molar-refractivity contribution is -0.119. The summed E-state index contributed by atoms with van der Waals surface area (Å²) in [4.78, 5) is 38.6. The van der Waals surface area contributed by atoms with Gasteiger partial charge in [0.25, 0.3) is 11.8 Å². The Balaban J connectivity index is 1.81. The second-order valence-corrected chi connectivity index (χ2v) is 5.76. The smallest absolute Gasteiger partial charge is 0.262 e. The maximum atomic E-state index is 12.6. The topological polar surface area (TPSA) is 84.9 Å². The number of hydrogen-bond donors (Lipinski definition) is 1. The summed E-state index contributed by atoms with van der Waals surface area (Å²) in [5, 5.41) is 2.69. The van der Waals surface area contributed by atoms with Gasteiger partial charge in [0.2, 0.25) is 5.91 Å². The van der Waals surface area contributed by atoms with Gasteiger partial charge in [-0.2, -0.15) is 0 Å². The van der Waals surface area contributed by atoms with Crippen LogP contribution in [0.1, 0.15) is 27.6 Å². The number of carbonyl (C=O) groups is 3. The first-order chi connectivity index (χ1) is 12.5. The van der Waals surface area contributed by atoms with Crippen LogP contribution in [0.3, 0.4) is 0 Å². The Morgan fingerprint density at radius 2 is 1.62 bits per heavy atom. The molecule has 0 saturated heterocycles. The lowest BCUT2D eigenvalue weighted by atomic mass is 10.1. The van der Waals surface area contributed by atoms with Gasteiger partial charge in [0.15, 0.2) is 0 Å². The monoisotopic (exact) mass is 354 g/mol. The minimum absolute atomic E-state index is 0.305. The van der Waals surface area contributed by atoms with Crippen LogP contribution in [0, 0.1) is 0 Å². The molecule has 0 fully saturated rings. The predicted molar refractivity (Wildman–Crippen MR) is 94.6 cm³/mol. The highest BCUT2D eigenvalue weighted by molar-refractivity contribution is 6.23. The number of nitrogens with zero attached hydrogens (tertiary/aromatic N) is 1. The molecule has 0 aliphatic carbocycles. The molecule has 1 aliphatic heterocycles. The molecule has 0 aromatic heterocycles. The molecular formula is C19H18N2O5. The maximum absolute atomic E-state index is 12.6. The number of rotatable bonds is 5. The van der Waals surface area contributed by atoms with Crippen molar-refractivity contribution in [2.45, 2.75) is 13.0 Å². The highest BCUT2D eigenvalue weighted by atomic mass is 16.5. The molecule has 3 rings (SSSR count). The number of ether oxygens (including phenoxy) is 2. The maximum Gasteiger partial charge on any atom is 0.262 e. The summed E-state index contributed by atoms with van der Waals surface area (Å²) < 4.78 is 10.4. The van der Waals surface area contributed by atoms with E-state index >= 15 is 0 Å². The molecule has 0 radical (unpaired) electrons. The fourth-order valence-corrected chi connectivity index (χ4v) is 2.82. The molecule has 7 heteroatoms. The first-order valence-corrected chi connectivity index (χ1v) is 7.97. The first-order valence-electron chi connectivity index (χ1n) is 7.97. The number of nitrogens with one attached hydrogen (secondary N) is 1. The van der Waals surface area contributed by atoms with Crippen LogP contribution in [-0.4, -0.2) is 42.9 Å². The van der Waals surface area contributed by atoms with Crippen molar-refractivity contribution in [1.82, 2.24) is 4.90 Å². The lowest BCUT2D eigenvalue weighted by Gasteiger charge is -2.22. The zero-order valence-corrected chi connectivity index (χ0v) is 14.6. The fraction of sp³-hybridized carbons (Fsp3) is 0.211. The van der Waals surface area contributed by atoms with Crippen LogP contribution in [0.4, 0.5) is 5.69 Å². The van der Waals surface area contributed by atoms with Crippen molar-refractivity contribution in [3.05, 3.63) is 53.6 Å². The van der Waals surface area contributed by atoms with Crippen molar-refractivity contribution in [2.75, 3.05) is 19.5 Å². The SMILES string of the molecule is COc1ccc(NC(=O)[C@H](C)N2C(=O)c3ccccc3C2=O)c(OC)c1. The average molecular weight is 354 g/mol. The number of carbonyl (C=O) groups excluding carboxylic acids is 3. The Morgan fingerprint density at radius 1 is 1.00 bits per heavy atom. The third-order valence-electron chi connectivity index (χ3n) is 4.26.